The fourth-order valence-electron chi connectivity index (χ4n) is 2.83. The summed E-state index contributed by atoms with van der Waals surface area (Å²) in [5.74, 6) is -0.890. The lowest BCUT2D eigenvalue weighted by Gasteiger charge is -2.11. The number of nitrogens with zero attached hydrogens (tertiary/aromatic N) is 1. The average Bonchev–Trinajstić information content (AvgIpc) is 3.12. The highest BCUT2D eigenvalue weighted by atomic mass is 16.5. The van der Waals surface area contributed by atoms with Crippen molar-refractivity contribution < 1.29 is 19.1 Å². The summed E-state index contributed by atoms with van der Waals surface area (Å²) >= 11 is 0. The highest BCUT2D eigenvalue weighted by Crippen LogP contribution is 2.23. The predicted octanol–water partition coefficient (Wildman–Crippen LogP) is 1.21. The first kappa shape index (κ1) is 14.7. The van der Waals surface area contributed by atoms with Gasteiger partial charge < -0.3 is 10.1 Å². The van der Waals surface area contributed by atoms with Crippen LogP contribution in [0, 0.1) is 0 Å². The smallest absolute Gasteiger partial charge is 0.261 e. The summed E-state index contributed by atoms with van der Waals surface area (Å²) in [7, 11) is 0. The van der Waals surface area contributed by atoms with Gasteiger partial charge in [0, 0.05) is 25.3 Å². The number of nitrogens with one attached hydrogen (secondary N) is 1. The van der Waals surface area contributed by atoms with Gasteiger partial charge in [0.1, 0.15) is 0 Å². The van der Waals surface area contributed by atoms with E-state index in [2.05, 4.69) is 5.32 Å². The second-order valence-electron chi connectivity index (χ2n) is 5.46. The van der Waals surface area contributed by atoms with E-state index in [1.165, 1.54) is 11.0 Å². The van der Waals surface area contributed by atoms with Crippen LogP contribution >= 0.6 is 0 Å². The van der Waals surface area contributed by atoms with Crippen molar-refractivity contribution in [2.75, 3.05) is 19.7 Å². The molecule has 1 fully saturated rings. The highest BCUT2D eigenvalue weighted by molar-refractivity contribution is 6.22. The van der Waals surface area contributed by atoms with Crippen molar-refractivity contribution in [1.29, 1.82) is 0 Å². The van der Waals surface area contributed by atoms with E-state index in [0.717, 1.165) is 19.4 Å². The fraction of sp³-hybridized carbons (Fsp3) is 0.438. The second kappa shape index (κ2) is 5.88. The molecular weight excluding hydrogens is 284 g/mol. The van der Waals surface area contributed by atoms with E-state index >= 15 is 0 Å². The molecule has 116 valence electrons. The van der Waals surface area contributed by atoms with Crippen LogP contribution < -0.4 is 5.32 Å². The SMILES string of the molecule is CCN1C(=O)c2ccc(C(=O)NC[C@@H]3CCCO3)cc2C1=O. The molecule has 3 amide bonds. The molecule has 0 unspecified atom stereocenters. The van der Waals surface area contributed by atoms with Crippen molar-refractivity contribution in [2.24, 2.45) is 0 Å². The maximum Gasteiger partial charge on any atom is 0.261 e. The van der Waals surface area contributed by atoms with Gasteiger partial charge in [0.2, 0.25) is 0 Å². The number of benzene rings is 1. The van der Waals surface area contributed by atoms with Gasteiger partial charge in [-0.2, -0.15) is 0 Å². The predicted molar refractivity (Wildman–Crippen MR) is 78.8 cm³/mol. The number of carbonyl (C=O) groups excluding carboxylic acids is 3. The van der Waals surface area contributed by atoms with E-state index in [9.17, 15) is 14.4 Å². The molecule has 0 aliphatic carbocycles. The van der Waals surface area contributed by atoms with E-state index in [1.54, 1.807) is 19.1 Å². The third-order valence-electron chi connectivity index (χ3n) is 4.06. The van der Waals surface area contributed by atoms with Crippen LogP contribution in [-0.4, -0.2) is 48.4 Å². The van der Waals surface area contributed by atoms with Crippen LogP contribution in [0.3, 0.4) is 0 Å². The van der Waals surface area contributed by atoms with Gasteiger partial charge in [-0.25, -0.2) is 0 Å². The van der Waals surface area contributed by atoms with Gasteiger partial charge in [0.05, 0.1) is 17.2 Å². The molecule has 2 heterocycles. The maximum atomic E-state index is 12.2. The Labute approximate surface area is 128 Å². The van der Waals surface area contributed by atoms with Crippen LogP contribution in [0.1, 0.15) is 50.8 Å². The first-order valence-electron chi connectivity index (χ1n) is 7.52. The Hall–Kier alpha value is -2.21. The lowest BCUT2D eigenvalue weighted by atomic mass is 10.1. The van der Waals surface area contributed by atoms with Crippen LogP contribution in [0.2, 0.25) is 0 Å². The lowest BCUT2D eigenvalue weighted by molar-refractivity contribution is 0.0662. The molecule has 0 aromatic heterocycles. The minimum Gasteiger partial charge on any atom is -0.376 e. The molecule has 1 saturated heterocycles. The first-order chi connectivity index (χ1) is 10.6. The Morgan fingerprint density at radius 1 is 1.32 bits per heavy atom. The number of carbonyl (C=O) groups is 3. The van der Waals surface area contributed by atoms with E-state index in [-0.39, 0.29) is 23.8 Å². The number of fused-ring (bicyclic) bond motifs is 1. The molecule has 0 bridgehead atoms. The van der Waals surface area contributed by atoms with Gasteiger partial charge in [0.25, 0.3) is 17.7 Å². The molecule has 6 heteroatoms. The summed E-state index contributed by atoms with van der Waals surface area (Å²) < 4.78 is 5.45. The van der Waals surface area contributed by atoms with Crippen LogP contribution in [0.15, 0.2) is 18.2 Å². The fourth-order valence-corrected chi connectivity index (χ4v) is 2.83. The van der Waals surface area contributed by atoms with Crippen molar-refractivity contribution >= 4 is 17.7 Å². The molecule has 2 aliphatic rings. The molecule has 1 aromatic rings. The number of hydrogen-bond donors (Lipinski definition) is 1. The van der Waals surface area contributed by atoms with Gasteiger partial charge in [-0.3, -0.25) is 19.3 Å². The van der Waals surface area contributed by atoms with Crippen molar-refractivity contribution in [1.82, 2.24) is 10.2 Å². The molecule has 22 heavy (non-hydrogen) atoms. The van der Waals surface area contributed by atoms with Crippen LogP contribution in [0.25, 0.3) is 0 Å². The topological polar surface area (TPSA) is 75.7 Å². The zero-order chi connectivity index (χ0) is 15.7. The summed E-state index contributed by atoms with van der Waals surface area (Å²) in [6, 6.07) is 4.62. The molecule has 1 aromatic carbocycles. The molecule has 0 spiro atoms. The Morgan fingerprint density at radius 3 is 2.77 bits per heavy atom. The summed E-state index contributed by atoms with van der Waals surface area (Å²) in [6.45, 7) is 3.27. The molecule has 1 atom stereocenters. The van der Waals surface area contributed by atoms with Crippen molar-refractivity contribution in [3.63, 3.8) is 0 Å². The second-order valence-corrected chi connectivity index (χ2v) is 5.46. The molecule has 6 nitrogen and oxygen atoms in total. The van der Waals surface area contributed by atoms with Crippen LogP contribution in [0.4, 0.5) is 0 Å². The maximum absolute atomic E-state index is 12.2. The summed E-state index contributed by atoms with van der Waals surface area (Å²) in [4.78, 5) is 37.5. The minimum atomic E-state index is -0.337. The monoisotopic (exact) mass is 302 g/mol. The molecule has 0 saturated carbocycles. The Morgan fingerprint density at radius 2 is 2.09 bits per heavy atom. The molecule has 1 N–H and O–H groups in total. The summed E-state index contributed by atoms with van der Waals surface area (Å²) in [5, 5.41) is 2.81. The summed E-state index contributed by atoms with van der Waals surface area (Å²) in [5.41, 5.74) is 1.05. The van der Waals surface area contributed by atoms with Gasteiger partial charge in [-0.15, -0.1) is 0 Å². The van der Waals surface area contributed by atoms with Crippen molar-refractivity contribution in [3.8, 4) is 0 Å². The number of rotatable bonds is 4. The van der Waals surface area contributed by atoms with Crippen LogP contribution in [0.5, 0.6) is 0 Å². The molecule has 0 radical (unpaired) electrons. The number of ether oxygens (including phenoxy) is 1. The quantitative estimate of drug-likeness (QED) is 0.848. The van der Waals surface area contributed by atoms with Crippen molar-refractivity contribution in [2.45, 2.75) is 25.9 Å². The van der Waals surface area contributed by atoms with Gasteiger partial charge in [-0.1, -0.05) is 0 Å². The first-order valence-corrected chi connectivity index (χ1v) is 7.52. The Bertz CT molecular complexity index is 635. The van der Waals surface area contributed by atoms with E-state index in [0.29, 0.717) is 29.8 Å². The van der Waals surface area contributed by atoms with Crippen LogP contribution in [-0.2, 0) is 4.74 Å². The molecule has 2 aliphatic heterocycles. The minimum absolute atomic E-state index is 0.0668. The van der Waals surface area contributed by atoms with E-state index in [4.69, 9.17) is 4.74 Å². The zero-order valence-electron chi connectivity index (χ0n) is 12.4. The largest absolute Gasteiger partial charge is 0.376 e. The number of imide groups is 1. The van der Waals surface area contributed by atoms with Gasteiger partial charge in [-0.05, 0) is 38.0 Å². The van der Waals surface area contributed by atoms with Gasteiger partial charge >= 0.3 is 0 Å². The van der Waals surface area contributed by atoms with Crippen molar-refractivity contribution in [3.05, 3.63) is 34.9 Å². The normalized spacial score (nSPS) is 20.4. The highest BCUT2D eigenvalue weighted by Gasteiger charge is 2.34. The van der Waals surface area contributed by atoms with E-state index < -0.39 is 0 Å². The lowest BCUT2D eigenvalue weighted by Crippen LogP contribution is -2.31. The number of hydrogen-bond acceptors (Lipinski definition) is 4. The summed E-state index contributed by atoms with van der Waals surface area (Å²) in [6.07, 6.45) is 2.03. The third kappa shape index (κ3) is 2.50. The number of amides is 3. The Kier molecular flexibility index (Phi) is 3.94. The zero-order valence-corrected chi connectivity index (χ0v) is 12.4. The molecule has 3 rings (SSSR count). The standard InChI is InChI=1S/C16H18N2O4/c1-2-18-15(20)12-6-5-10(8-13(12)16(18)21)14(19)17-9-11-4-3-7-22-11/h5-6,8,11H,2-4,7,9H2,1H3,(H,17,19)/t11-/m0/s1. The average molecular weight is 302 g/mol. The Balaban J connectivity index is 1.74. The van der Waals surface area contributed by atoms with E-state index in [1.807, 2.05) is 0 Å². The van der Waals surface area contributed by atoms with Gasteiger partial charge in [0.15, 0.2) is 0 Å². The molecular formula is C16H18N2O4. The third-order valence-corrected chi connectivity index (χ3v) is 4.06.